The molecule has 0 heterocycles. The molecule has 0 spiro atoms. The molecule has 4 amide bonds. The molecule has 0 saturated heterocycles. The highest BCUT2D eigenvalue weighted by atomic mass is 35.5. The number of benzene rings is 2. The maximum absolute atomic E-state index is 13.8. The van der Waals surface area contributed by atoms with Gasteiger partial charge in [0.1, 0.15) is 6.54 Å². The Kier molecular flexibility index (Phi) is 12.2. The lowest BCUT2D eigenvalue weighted by Gasteiger charge is -2.41. The van der Waals surface area contributed by atoms with Gasteiger partial charge in [-0.2, -0.15) is 0 Å². The van der Waals surface area contributed by atoms with E-state index in [4.69, 9.17) is 30.9 Å². The van der Waals surface area contributed by atoms with Gasteiger partial charge in [-0.15, -0.1) is 5.01 Å². The summed E-state index contributed by atoms with van der Waals surface area (Å²) in [6.07, 6.45) is -5.81. The molecule has 2 N–H and O–H groups in total. The SMILES string of the molecule is CC(=O)N(C)CC(=O)OC(OC(=O)N(C(=O)c1ccc(Cl)cc1)N(C(=O)c1ccccc1)C(C)(C)C)C(=O)OCP(=O)(O)O. The first-order valence-corrected chi connectivity index (χ1v) is 14.8. The maximum Gasteiger partial charge on any atom is 0.440 e. The Bertz CT molecular complexity index is 1440. The van der Waals surface area contributed by atoms with Gasteiger partial charge in [0.15, 0.2) is 6.35 Å². The molecule has 0 aliphatic carbocycles. The predicted octanol–water partition coefficient (Wildman–Crippen LogP) is 2.80. The van der Waals surface area contributed by atoms with Gasteiger partial charge < -0.3 is 28.9 Å². The fourth-order valence-electron chi connectivity index (χ4n) is 3.31. The van der Waals surface area contributed by atoms with Gasteiger partial charge in [-0.1, -0.05) is 29.8 Å². The van der Waals surface area contributed by atoms with Crippen LogP contribution in [0.25, 0.3) is 0 Å². The summed E-state index contributed by atoms with van der Waals surface area (Å²) in [5.74, 6) is -5.58. The minimum atomic E-state index is -4.93. The van der Waals surface area contributed by atoms with Crippen molar-refractivity contribution in [1.82, 2.24) is 14.9 Å². The second-order valence-corrected chi connectivity index (χ2v) is 12.1. The fraction of sp³-hybridized carbons (Fsp3) is 0.333. The molecule has 238 valence electrons. The summed E-state index contributed by atoms with van der Waals surface area (Å²) < 4.78 is 25.7. The Labute approximate surface area is 257 Å². The number of esters is 2. The normalized spacial score (nSPS) is 11.9. The number of imide groups is 1. The third kappa shape index (κ3) is 10.5. The van der Waals surface area contributed by atoms with Crippen LogP contribution in [0.2, 0.25) is 5.02 Å². The second kappa shape index (κ2) is 14.9. The molecule has 2 aromatic carbocycles. The number of halogens is 1. The van der Waals surface area contributed by atoms with E-state index in [1.54, 1.807) is 18.2 Å². The third-order valence-corrected chi connectivity index (χ3v) is 6.14. The molecule has 1 unspecified atom stereocenters. The molecule has 15 nitrogen and oxygen atoms in total. The van der Waals surface area contributed by atoms with Crippen molar-refractivity contribution >= 4 is 55.0 Å². The van der Waals surface area contributed by atoms with Gasteiger partial charge in [-0.25, -0.2) is 14.6 Å². The standard InChI is InChI=1S/C27H31ClN3O12P/c1-17(32)29(5)15-21(33)42-25(24(36)41-16-44(38,39)40)43-26(37)30(22(34)19-11-13-20(28)14-12-19)31(27(2,3)4)23(35)18-9-7-6-8-10-18/h6-14,25H,15-16H2,1-5H3,(H2,38,39,40). The molecule has 0 fully saturated rings. The quantitative estimate of drug-likeness (QED) is 0.174. The van der Waals surface area contributed by atoms with Crippen molar-refractivity contribution in [3.05, 3.63) is 70.7 Å². The van der Waals surface area contributed by atoms with Crippen molar-refractivity contribution in [3.8, 4) is 0 Å². The average molecular weight is 656 g/mol. The van der Waals surface area contributed by atoms with Gasteiger partial charge in [0.2, 0.25) is 5.91 Å². The summed E-state index contributed by atoms with van der Waals surface area (Å²) in [5.41, 5.74) is -1.41. The summed E-state index contributed by atoms with van der Waals surface area (Å²) in [5, 5.41) is 1.28. The van der Waals surface area contributed by atoms with Crippen molar-refractivity contribution in [3.63, 3.8) is 0 Å². The zero-order valence-corrected chi connectivity index (χ0v) is 26.0. The summed E-state index contributed by atoms with van der Waals surface area (Å²) in [6, 6.07) is 12.8. The summed E-state index contributed by atoms with van der Waals surface area (Å²) >= 11 is 5.93. The van der Waals surface area contributed by atoms with E-state index in [1.807, 2.05) is 0 Å². The van der Waals surface area contributed by atoms with Crippen LogP contribution in [-0.4, -0.2) is 92.2 Å². The Balaban J connectivity index is 2.60. The van der Waals surface area contributed by atoms with Crippen LogP contribution in [-0.2, 0) is 33.2 Å². The minimum absolute atomic E-state index is 0.0560. The van der Waals surface area contributed by atoms with E-state index >= 15 is 0 Å². The minimum Gasteiger partial charge on any atom is -0.447 e. The number of ether oxygens (including phenoxy) is 3. The Morgan fingerprint density at radius 3 is 1.93 bits per heavy atom. The number of hydrazine groups is 1. The van der Waals surface area contributed by atoms with Crippen molar-refractivity contribution in [2.45, 2.75) is 39.5 Å². The lowest BCUT2D eigenvalue weighted by atomic mass is 10.1. The molecule has 0 saturated carbocycles. The Morgan fingerprint density at radius 1 is 0.886 bits per heavy atom. The molecule has 0 aromatic heterocycles. The number of likely N-dealkylation sites (N-methyl/N-ethyl adjacent to an activating group) is 1. The smallest absolute Gasteiger partial charge is 0.440 e. The maximum atomic E-state index is 13.8. The van der Waals surface area contributed by atoms with Gasteiger partial charge in [-0.3, -0.25) is 23.7 Å². The van der Waals surface area contributed by atoms with E-state index in [9.17, 15) is 33.3 Å². The van der Waals surface area contributed by atoms with Crippen molar-refractivity contribution in [1.29, 1.82) is 0 Å². The first-order valence-electron chi connectivity index (χ1n) is 12.6. The van der Waals surface area contributed by atoms with Crippen molar-refractivity contribution < 1.29 is 57.3 Å². The summed E-state index contributed by atoms with van der Waals surface area (Å²) in [7, 11) is -3.71. The molecule has 0 bridgehead atoms. The van der Waals surface area contributed by atoms with E-state index in [-0.39, 0.29) is 21.2 Å². The van der Waals surface area contributed by atoms with Gasteiger partial charge in [0.25, 0.3) is 11.8 Å². The molecular formula is C27H31ClN3O12P. The second-order valence-electron chi connectivity index (χ2n) is 10.1. The van der Waals surface area contributed by atoms with Crippen LogP contribution >= 0.6 is 19.2 Å². The number of hydrogen-bond donors (Lipinski definition) is 2. The first-order chi connectivity index (χ1) is 20.3. The lowest BCUT2D eigenvalue weighted by Crippen LogP contribution is -2.61. The van der Waals surface area contributed by atoms with Crippen LogP contribution in [0.1, 0.15) is 48.4 Å². The van der Waals surface area contributed by atoms with Crippen molar-refractivity contribution in [2.24, 2.45) is 0 Å². The predicted molar refractivity (Wildman–Crippen MR) is 153 cm³/mol. The molecule has 0 aliphatic rings. The van der Waals surface area contributed by atoms with Gasteiger partial charge in [0.05, 0.1) is 5.54 Å². The van der Waals surface area contributed by atoms with Gasteiger partial charge in [0, 0.05) is 30.1 Å². The highest BCUT2D eigenvalue weighted by Crippen LogP contribution is 2.34. The van der Waals surface area contributed by atoms with Crippen LogP contribution in [0.4, 0.5) is 4.79 Å². The van der Waals surface area contributed by atoms with Crippen LogP contribution in [0.15, 0.2) is 54.6 Å². The molecule has 2 rings (SSSR count). The van der Waals surface area contributed by atoms with E-state index in [2.05, 4.69) is 4.74 Å². The zero-order valence-electron chi connectivity index (χ0n) is 24.3. The molecule has 1 atom stereocenters. The lowest BCUT2D eigenvalue weighted by molar-refractivity contribution is -0.193. The van der Waals surface area contributed by atoms with Crippen LogP contribution in [0.5, 0.6) is 0 Å². The number of carbonyl (C=O) groups is 6. The number of carbonyl (C=O) groups excluding carboxylic acids is 6. The van der Waals surface area contributed by atoms with E-state index in [0.29, 0.717) is 0 Å². The highest BCUT2D eigenvalue weighted by Gasteiger charge is 2.43. The average Bonchev–Trinajstić information content (AvgIpc) is 2.93. The number of hydrogen-bond acceptors (Lipinski definition) is 10. The third-order valence-electron chi connectivity index (χ3n) is 5.42. The molecule has 44 heavy (non-hydrogen) atoms. The first kappa shape index (κ1) is 35.9. The summed E-state index contributed by atoms with van der Waals surface area (Å²) in [6.45, 7) is 4.87. The highest BCUT2D eigenvalue weighted by molar-refractivity contribution is 7.51. The van der Waals surface area contributed by atoms with Crippen LogP contribution in [0.3, 0.4) is 0 Å². The Hall–Kier alpha value is -4.30. The molecule has 0 aliphatic heterocycles. The Morgan fingerprint density at radius 2 is 1.43 bits per heavy atom. The molecule has 0 radical (unpaired) electrons. The summed E-state index contributed by atoms with van der Waals surface area (Å²) in [4.78, 5) is 97.0. The fourth-order valence-corrected chi connectivity index (χ4v) is 3.73. The van der Waals surface area contributed by atoms with Crippen LogP contribution < -0.4 is 0 Å². The molecular weight excluding hydrogens is 625 g/mol. The largest absolute Gasteiger partial charge is 0.447 e. The van der Waals surface area contributed by atoms with Gasteiger partial charge in [-0.05, 0) is 57.2 Å². The number of rotatable bonds is 9. The van der Waals surface area contributed by atoms with Crippen LogP contribution in [0, 0.1) is 0 Å². The molecule has 2 aromatic rings. The zero-order chi connectivity index (χ0) is 33.4. The van der Waals surface area contributed by atoms with Crippen molar-refractivity contribution in [2.75, 3.05) is 19.9 Å². The number of amides is 4. The van der Waals surface area contributed by atoms with E-state index < -0.39 is 68.1 Å². The van der Waals surface area contributed by atoms with Gasteiger partial charge >= 0.3 is 31.9 Å². The monoisotopic (exact) mass is 655 g/mol. The van der Waals surface area contributed by atoms with E-state index in [0.717, 1.165) is 16.8 Å². The van der Waals surface area contributed by atoms with E-state index in [1.165, 1.54) is 64.2 Å². The number of nitrogens with zero attached hydrogens (tertiary/aromatic N) is 3. The molecule has 17 heteroatoms. The topological polar surface area (TPSA) is 197 Å².